The lowest BCUT2D eigenvalue weighted by Crippen LogP contribution is -2.09. The number of aliphatic hydroxyl groups excluding tert-OH is 1. The molecule has 0 aliphatic rings. The fourth-order valence-corrected chi connectivity index (χ4v) is 0.824. The minimum absolute atomic E-state index is 0.341. The van der Waals surface area contributed by atoms with Crippen LogP contribution >= 0.6 is 12.6 Å². The molecule has 2 atom stereocenters. The van der Waals surface area contributed by atoms with Crippen molar-refractivity contribution in [3.05, 3.63) is 0 Å². The van der Waals surface area contributed by atoms with Crippen molar-refractivity contribution in [3.63, 3.8) is 0 Å². The highest BCUT2D eigenvalue weighted by molar-refractivity contribution is 7.80. The van der Waals surface area contributed by atoms with Crippen molar-refractivity contribution < 1.29 is 5.11 Å². The van der Waals surface area contributed by atoms with Gasteiger partial charge in [-0.3, -0.25) is 0 Å². The highest BCUT2D eigenvalue weighted by atomic mass is 32.1. The summed E-state index contributed by atoms with van der Waals surface area (Å²) in [5, 5.41) is 8.91. The van der Waals surface area contributed by atoms with E-state index in [1.165, 1.54) is 12.8 Å². The third kappa shape index (κ3) is 4.79. The molecule has 0 saturated heterocycles. The minimum atomic E-state index is -0.434. The summed E-state index contributed by atoms with van der Waals surface area (Å²) in [4.78, 5) is 0. The van der Waals surface area contributed by atoms with Crippen molar-refractivity contribution in [2.24, 2.45) is 5.92 Å². The maximum atomic E-state index is 8.91. The van der Waals surface area contributed by atoms with Gasteiger partial charge in [-0.25, -0.2) is 0 Å². The van der Waals surface area contributed by atoms with Gasteiger partial charge < -0.3 is 5.11 Å². The Labute approximate surface area is 62.9 Å². The molecule has 1 nitrogen and oxygen atoms in total. The largest absolute Gasteiger partial charge is 0.382 e. The Morgan fingerprint density at radius 1 is 1.56 bits per heavy atom. The highest BCUT2D eigenvalue weighted by Gasteiger charge is 2.07. The maximum absolute atomic E-state index is 8.91. The summed E-state index contributed by atoms with van der Waals surface area (Å²) in [6.45, 7) is 4.17. The first-order valence-corrected chi connectivity index (χ1v) is 4.06. The molecule has 56 valence electrons. The molecule has 0 amide bonds. The van der Waals surface area contributed by atoms with Crippen molar-refractivity contribution in [1.29, 1.82) is 0 Å². The SMILES string of the molecule is CCCCC(C)C(O)S. The van der Waals surface area contributed by atoms with Gasteiger partial charge in [0.1, 0.15) is 0 Å². The highest BCUT2D eigenvalue weighted by Crippen LogP contribution is 2.13. The number of hydrogen-bond donors (Lipinski definition) is 2. The number of thiol groups is 1. The first kappa shape index (κ1) is 9.31. The van der Waals surface area contributed by atoms with Crippen LogP contribution in [0.25, 0.3) is 0 Å². The van der Waals surface area contributed by atoms with Crippen LogP contribution in [-0.4, -0.2) is 10.5 Å². The summed E-state index contributed by atoms with van der Waals surface area (Å²) in [6.07, 6.45) is 3.48. The van der Waals surface area contributed by atoms with E-state index >= 15 is 0 Å². The molecule has 0 aliphatic carbocycles. The van der Waals surface area contributed by atoms with Crippen LogP contribution in [0.15, 0.2) is 0 Å². The zero-order valence-electron chi connectivity index (χ0n) is 6.17. The van der Waals surface area contributed by atoms with Gasteiger partial charge >= 0.3 is 0 Å². The molecule has 0 fully saturated rings. The Morgan fingerprint density at radius 2 is 2.11 bits per heavy atom. The predicted molar refractivity (Wildman–Crippen MR) is 43.7 cm³/mol. The molecule has 0 bridgehead atoms. The van der Waals surface area contributed by atoms with E-state index in [9.17, 15) is 0 Å². The lowest BCUT2D eigenvalue weighted by molar-refractivity contribution is 0.195. The van der Waals surface area contributed by atoms with E-state index in [1.807, 2.05) is 6.92 Å². The molecule has 0 aromatic carbocycles. The van der Waals surface area contributed by atoms with E-state index < -0.39 is 5.44 Å². The number of unbranched alkanes of at least 4 members (excludes halogenated alkanes) is 1. The van der Waals surface area contributed by atoms with Gasteiger partial charge in [0.15, 0.2) is 0 Å². The quantitative estimate of drug-likeness (QED) is 0.462. The van der Waals surface area contributed by atoms with Gasteiger partial charge in [0, 0.05) is 0 Å². The molecule has 1 N–H and O–H groups in total. The fraction of sp³-hybridized carbons (Fsp3) is 1.00. The number of rotatable bonds is 4. The van der Waals surface area contributed by atoms with Crippen LogP contribution in [-0.2, 0) is 0 Å². The molecular weight excluding hydrogens is 132 g/mol. The molecule has 2 heteroatoms. The molecule has 2 unspecified atom stereocenters. The van der Waals surface area contributed by atoms with Crippen LogP contribution in [0, 0.1) is 5.92 Å². The molecule has 0 aromatic rings. The van der Waals surface area contributed by atoms with Crippen molar-refractivity contribution in [3.8, 4) is 0 Å². The molecule has 0 heterocycles. The van der Waals surface area contributed by atoms with E-state index in [2.05, 4.69) is 19.6 Å². The lowest BCUT2D eigenvalue weighted by Gasteiger charge is -2.11. The lowest BCUT2D eigenvalue weighted by atomic mass is 10.1. The van der Waals surface area contributed by atoms with Crippen molar-refractivity contribution >= 4 is 12.6 Å². The first-order chi connectivity index (χ1) is 4.18. The molecule has 0 saturated carbocycles. The van der Waals surface area contributed by atoms with Crippen molar-refractivity contribution in [1.82, 2.24) is 0 Å². The summed E-state index contributed by atoms with van der Waals surface area (Å²) in [5.41, 5.74) is -0.434. The molecule has 0 rings (SSSR count). The van der Waals surface area contributed by atoms with Crippen LogP contribution < -0.4 is 0 Å². The third-order valence-corrected chi connectivity index (χ3v) is 2.03. The Morgan fingerprint density at radius 3 is 2.44 bits per heavy atom. The standard InChI is InChI=1S/C7H16OS/c1-3-4-5-6(2)7(8)9/h6-9H,3-5H2,1-2H3. The Bertz CT molecular complexity index is 63.9. The van der Waals surface area contributed by atoms with Crippen molar-refractivity contribution in [2.75, 3.05) is 0 Å². The summed E-state index contributed by atoms with van der Waals surface area (Å²) in [6, 6.07) is 0. The molecule has 0 aliphatic heterocycles. The Balaban J connectivity index is 3.16. The van der Waals surface area contributed by atoms with E-state index in [-0.39, 0.29) is 0 Å². The van der Waals surface area contributed by atoms with Gasteiger partial charge in [0.05, 0.1) is 5.44 Å². The molecule has 0 spiro atoms. The molecule has 0 aromatic heterocycles. The van der Waals surface area contributed by atoms with Gasteiger partial charge in [0.25, 0.3) is 0 Å². The van der Waals surface area contributed by atoms with Crippen LogP contribution in [0.5, 0.6) is 0 Å². The number of aliphatic hydroxyl groups is 1. The van der Waals surface area contributed by atoms with Gasteiger partial charge in [-0.05, 0) is 12.3 Å². The second-order valence-electron chi connectivity index (χ2n) is 2.53. The normalized spacial score (nSPS) is 17.3. The zero-order valence-corrected chi connectivity index (χ0v) is 7.06. The molecular formula is C7H16OS. The number of hydrogen-bond acceptors (Lipinski definition) is 2. The van der Waals surface area contributed by atoms with E-state index in [4.69, 9.17) is 5.11 Å². The van der Waals surface area contributed by atoms with E-state index in [1.54, 1.807) is 0 Å². The second kappa shape index (κ2) is 5.12. The van der Waals surface area contributed by atoms with Gasteiger partial charge in [-0.2, -0.15) is 0 Å². The molecule has 0 radical (unpaired) electrons. The predicted octanol–water partition coefficient (Wildman–Crippen LogP) is 2.06. The van der Waals surface area contributed by atoms with Gasteiger partial charge in [-0.15, -0.1) is 12.6 Å². The Kier molecular flexibility index (Phi) is 5.30. The molecule has 9 heavy (non-hydrogen) atoms. The average molecular weight is 148 g/mol. The summed E-state index contributed by atoms with van der Waals surface area (Å²) in [7, 11) is 0. The Hall–Kier alpha value is 0.310. The second-order valence-corrected chi connectivity index (χ2v) is 3.06. The maximum Gasteiger partial charge on any atom is 0.0990 e. The van der Waals surface area contributed by atoms with Crippen LogP contribution in [0.4, 0.5) is 0 Å². The third-order valence-electron chi connectivity index (χ3n) is 1.52. The van der Waals surface area contributed by atoms with Crippen LogP contribution in [0.1, 0.15) is 33.1 Å². The zero-order chi connectivity index (χ0) is 7.28. The minimum Gasteiger partial charge on any atom is -0.382 e. The van der Waals surface area contributed by atoms with Crippen LogP contribution in [0.3, 0.4) is 0 Å². The monoisotopic (exact) mass is 148 g/mol. The smallest absolute Gasteiger partial charge is 0.0990 e. The van der Waals surface area contributed by atoms with E-state index in [0.717, 1.165) is 6.42 Å². The average Bonchev–Trinajstić information content (AvgIpc) is 1.82. The van der Waals surface area contributed by atoms with Crippen molar-refractivity contribution in [2.45, 2.75) is 38.5 Å². The summed E-state index contributed by atoms with van der Waals surface area (Å²) < 4.78 is 0. The van der Waals surface area contributed by atoms with Crippen LogP contribution in [0.2, 0.25) is 0 Å². The first-order valence-electron chi connectivity index (χ1n) is 3.54. The topological polar surface area (TPSA) is 20.2 Å². The van der Waals surface area contributed by atoms with E-state index in [0.29, 0.717) is 5.92 Å². The summed E-state index contributed by atoms with van der Waals surface area (Å²) in [5.74, 6) is 0.341. The van der Waals surface area contributed by atoms with Gasteiger partial charge in [0.2, 0.25) is 0 Å². The summed E-state index contributed by atoms with van der Waals surface area (Å²) >= 11 is 3.92. The van der Waals surface area contributed by atoms with Gasteiger partial charge in [-0.1, -0.05) is 26.7 Å². The fourth-order valence-electron chi connectivity index (χ4n) is 0.675.